The lowest BCUT2D eigenvalue weighted by atomic mass is 9.96. The van der Waals surface area contributed by atoms with E-state index < -0.39 is 5.60 Å². The van der Waals surface area contributed by atoms with Gasteiger partial charge < -0.3 is 15.7 Å². The van der Waals surface area contributed by atoms with E-state index in [1.165, 1.54) is 0 Å². The van der Waals surface area contributed by atoms with Crippen LogP contribution in [0, 0.1) is 5.92 Å². The molecule has 1 aromatic carbocycles. The van der Waals surface area contributed by atoms with Crippen LogP contribution < -0.4 is 10.6 Å². The Balaban J connectivity index is 1.98. The van der Waals surface area contributed by atoms with E-state index >= 15 is 0 Å². The van der Waals surface area contributed by atoms with Gasteiger partial charge in [0.05, 0.1) is 24.1 Å². The van der Waals surface area contributed by atoms with Crippen molar-refractivity contribution in [1.82, 2.24) is 15.1 Å². The maximum Gasteiger partial charge on any atom is 0.319 e. The van der Waals surface area contributed by atoms with Crippen LogP contribution in [-0.2, 0) is 18.6 Å². The molecule has 1 aromatic heterocycles. The standard InChI is InChI=1S/C19H28N4O2/c1-5-17-16(11-21-23(17)12-14(2)3)22-18(24)20-13-19(4,25)15-9-7-6-8-10-15/h6-11,14,25H,5,12-13H2,1-4H3,(H2,20,22,24). The van der Waals surface area contributed by atoms with E-state index in [4.69, 9.17) is 0 Å². The minimum Gasteiger partial charge on any atom is -0.384 e. The number of aromatic nitrogens is 2. The van der Waals surface area contributed by atoms with Gasteiger partial charge in [-0.2, -0.15) is 5.10 Å². The van der Waals surface area contributed by atoms with E-state index in [0.29, 0.717) is 11.6 Å². The zero-order valence-electron chi connectivity index (χ0n) is 15.4. The molecule has 3 N–H and O–H groups in total. The van der Waals surface area contributed by atoms with E-state index in [0.717, 1.165) is 24.2 Å². The fourth-order valence-electron chi connectivity index (χ4n) is 2.71. The Kier molecular flexibility index (Phi) is 6.20. The highest BCUT2D eigenvalue weighted by Gasteiger charge is 2.23. The van der Waals surface area contributed by atoms with Crippen molar-refractivity contribution in [3.63, 3.8) is 0 Å². The van der Waals surface area contributed by atoms with Gasteiger partial charge in [-0.05, 0) is 24.8 Å². The number of anilines is 1. The number of carbonyl (C=O) groups excluding carboxylic acids is 1. The van der Waals surface area contributed by atoms with E-state index in [-0.39, 0.29) is 12.6 Å². The minimum absolute atomic E-state index is 0.116. The molecule has 0 aliphatic carbocycles. The highest BCUT2D eigenvalue weighted by atomic mass is 16.3. The zero-order valence-corrected chi connectivity index (χ0v) is 15.4. The highest BCUT2D eigenvalue weighted by Crippen LogP contribution is 2.20. The van der Waals surface area contributed by atoms with Gasteiger partial charge in [0.15, 0.2) is 0 Å². The molecule has 0 aliphatic heterocycles. The SMILES string of the molecule is CCc1c(NC(=O)NCC(C)(O)c2ccccc2)cnn1CC(C)C. The Hall–Kier alpha value is -2.34. The summed E-state index contributed by atoms with van der Waals surface area (Å²) in [5.74, 6) is 0.479. The Morgan fingerprint density at radius 2 is 2.00 bits per heavy atom. The fourth-order valence-corrected chi connectivity index (χ4v) is 2.71. The molecule has 0 aliphatic rings. The fraction of sp³-hybridized carbons (Fsp3) is 0.474. The molecule has 25 heavy (non-hydrogen) atoms. The summed E-state index contributed by atoms with van der Waals surface area (Å²) < 4.78 is 1.93. The molecule has 1 atom stereocenters. The van der Waals surface area contributed by atoms with Gasteiger partial charge in [0.1, 0.15) is 5.60 Å². The Morgan fingerprint density at radius 3 is 2.60 bits per heavy atom. The molecule has 6 nitrogen and oxygen atoms in total. The quantitative estimate of drug-likeness (QED) is 0.722. The normalized spacial score (nSPS) is 13.5. The van der Waals surface area contributed by atoms with Crippen molar-refractivity contribution in [3.8, 4) is 0 Å². The number of carbonyl (C=O) groups is 1. The van der Waals surface area contributed by atoms with Crippen LogP contribution in [0.4, 0.5) is 10.5 Å². The largest absolute Gasteiger partial charge is 0.384 e. The first kappa shape index (κ1) is 19.0. The zero-order chi connectivity index (χ0) is 18.4. The predicted octanol–water partition coefficient (Wildman–Crippen LogP) is 3.13. The van der Waals surface area contributed by atoms with Crippen molar-refractivity contribution in [1.29, 1.82) is 0 Å². The number of rotatable bonds is 7. The number of nitrogens with one attached hydrogen (secondary N) is 2. The molecular weight excluding hydrogens is 316 g/mol. The second kappa shape index (κ2) is 8.16. The van der Waals surface area contributed by atoms with Crippen LogP contribution in [0.1, 0.15) is 39.0 Å². The lowest BCUT2D eigenvalue weighted by molar-refractivity contribution is 0.0599. The summed E-state index contributed by atoms with van der Waals surface area (Å²) in [6.45, 7) is 8.91. The number of benzene rings is 1. The molecule has 1 heterocycles. The van der Waals surface area contributed by atoms with Crippen LogP contribution >= 0.6 is 0 Å². The van der Waals surface area contributed by atoms with Gasteiger partial charge in [0, 0.05) is 6.54 Å². The molecule has 6 heteroatoms. The smallest absolute Gasteiger partial charge is 0.319 e. The average Bonchev–Trinajstić information content (AvgIpc) is 2.94. The van der Waals surface area contributed by atoms with Crippen LogP contribution in [0.15, 0.2) is 36.5 Å². The molecular formula is C19H28N4O2. The Morgan fingerprint density at radius 1 is 1.32 bits per heavy atom. The number of aliphatic hydroxyl groups is 1. The van der Waals surface area contributed by atoms with Gasteiger partial charge in [0.25, 0.3) is 0 Å². The molecule has 2 amide bonds. The van der Waals surface area contributed by atoms with Gasteiger partial charge in [0.2, 0.25) is 0 Å². The van der Waals surface area contributed by atoms with Crippen LogP contribution in [0.25, 0.3) is 0 Å². The number of nitrogens with zero attached hydrogens (tertiary/aromatic N) is 2. The molecule has 2 aromatic rings. The Labute approximate surface area is 149 Å². The van der Waals surface area contributed by atoms with E-state index in [9.17, 15) is 9.90 Å². The van der Waals surface area contributed by atoms with Gasteiger partial charge in [-0.15, -0.1) is 0 Å². The third kappa shape index (κ3) is 5.06. The second-order valence-electron chi connectivity index (χ2n) is 6.88. The summed E-state index contributed by atoms with van der Waals surface area (Å²) in [5.41, 5.74) is 1.33. The molecule has 0 saturated heterocycles. The molecule has 0 radical (unpaired) electrons. The van der Waals surface area contributed by atoms with Gasteiger partial charge >= 0.3 is 6.03 Å². The van der Waals surface area contributed by atoms with Crippen molar-refractivity contribution in [2.24, 2.45) is 5.92 Å². The summed E-state index contributed by atoms with van der Waals surface area (Å²) >= 11 is 0. The molecule has 2 rings (SSSR count). The van der Waals surface area contributed by atoms with Crippen molar-refractivity contribution >= 4 is 11.7 Å². The number of amides is 2. The third-order valence-electron chi connectivity index (χ3n) is 4.06. The van der Waals surface area contributed by atoms with E-state index in [1.54, 1.807) is 13.1 Å². The summed E-state index contributed by atoms with van der Waals surface area (Å²) in [6.07, 6.45) is 2.46. The molecule has 0 saturated carbocycles. The highest BCUT2D eigenvalue weighted by molar-refractivity contribution is 5.89. The Bertz CT molecular complexity index is 693. The van der Waals surface area contributed by atoms with E-state index in [2.05, 4.69) is 29.6 Å². The molecule has 1 unspecified atom stereocenters. The van der Waals surface area contributed by atoms with Crippen molar-refractivity contribution in [2.45, 2.75) is 46.3 Å². The molecule has 0 spiro atoms. The summed E-state index contributed by atoms with van der Waals surface area (Å²) in [5, 5.41) is 20.5. The van der Waals surface area contributed by atoms with Crippen LogP contribution in [0.5, 0.6) is 0 Å². The average molecular weight is 344 g/mol. The number of urea groups is 1. The molecule has 0 fully saturated rings. The first-order chi connectivity index (χ1) is 11.8. The lowest BCUT2D eigenvalue weighted by Crippen LogP contribution is -2.40. The van der Waals surface area contributed by atoms with Crippen LogP contribution in [-0.4, -0.2) is 27.5 Å². The second-order valence-corrected chi connectivity index (χ2v) is 6.88. The van der Waals surface area contributed by atoms with Gasteiger partial charge in [-0.1, -0.05) is 51.1 Å². The number of hydrogen-bond donors (Lipinski definition) is 3. The van der Waals surface area contributed by atoms with Crippen LogP contribution in [0.3, 0.4) is 0 Å². The maximum atomic E-state index is 12.2. The summed E-state index contributed by atoms with van der Waals surface area (Å²) in [6, 6.07) is 8.94. The van der Waals surface area contributed by atoms with E-state index in [1.807, 2.05) is 41.9 Å². The van der Waals surface area contributed by atoms with Crippen molar-refractivity contribution < 1.29 is 9.90 Å². The predicted molar refractivity (Wildman–Crippen MR) is 99.5 cm³/mol. The van der Waals surface area contributed by atoms with Gasteiger partial charge in [-0.3, -0.25) is 4.68 Å². The third-order valence-corrected chi connectivity index (χ3v) is 4.06. The topological polar surface area (TPSA) is 79.2 Å². The van der Waals surface area contributed by atoms with Gasteiger partial charge in [-0.25, -0.2) is 4.79 Å². The van der Waals surface area contributed by atoms with Crippen LogP contribution in [0.2, 0.25) is 0 Å². The minimum atomic E-state index is -1.13. The first-order valence-corrected chi connectivity index (χ1v) is 8.71. The lowest BCUT2D eigenvalue weighted by Gasteiger charge is -2.24. The monoisotopic (exact) mass is 344 g/mol. The summed E-state index contributed by atoms with van der Waals surface area (Å²) in [4.78, 5) is 12.2. The maximum absolute atomic E-state index is 12.2. The molecule has 136 valence electrons. The summed E-state index contributed by atoms with van der Waals surface area (Å²) in [7, 11) is 0. The number of hydrogen-bond acceptors (Lipinski definition) is 3. The van der Waals surface area contributed by atoms with Crippen molar-refractivity contribution in [2.75, 3.05) is 11.9 Å². The first-order valence-electron chi connectivity index (χ1n) is 8.71. The molecule has 0 bridgehead atoms. The van der Waals surface area contributed by atoms with Crippen molar-refractivity contribution in [3.05, 3.63) is 47.8 Å².